The molecule has 0 radical (unpaired) electrons. The molecule has 0 aliphatic rings. The molecule has 0 saturated heterocycles. The van der Waals surface area contributed by atoms with Crippen LogP contribution in [0.15, 0.2) is 47.3 Å². The number of rotatable bonds is 7. The Morgan fingerprint density at radius 3 is 2.31 bits per heavy atom. The lowest BCUT2D eigenvalue weighted by molar-refractivity contribution is 0.0232. The fourth-order valence-electron chi connectivity index (χ4n) is 3.07. The van der Waals surface area contributed by atoms with Gasteiger partial charge in [-0.05, 0) is 61.2 Å². The van der Waals surface area contributed by atoms with Gasteiger partial charge in [0.05, 0.1) is 17.2 Å². The Hall–Kier alpha value is -2.70. The van der Waals surface area contributed by atoms with E-state index in [9.17, 15) is 4.79 Å². The number of hydrogen-bond donors (Lipinski definition) is 1. The summed E-state index contributed by atoms with van der Waals surface area (Å²) in [7, 11) is 1.68. The second kappa shape index (κ2) is 9.43. The molecule has 1 N–H and O–H groups in total. The van der Waals surface area contributed by atoms with Crippen molar-refractivity contribution in [3.63, 3.8) is 0 Å². The fourth-order valence-corrected chi connectivity index (χ4v) is 3.28. The highest BCUT2D eigenvalue weighted by Gasteiger charge is 2.19. The highest BCUT2D eigenvalue weighted by molar-refractivity contribution is 6.33. The summed E-state index contributed by atoms with van der Waals surface area (Å²) in [4.78, 5) is 23.7. The third kappa shape index (κ3) is 6.40. The van der Waals surface area contributed by atoms with E-state index in [1.54, 1.807) is 13.2 Å². The van der Waals surface area contributed by atoms with E-state index in [0.29, 0.717) is 40.8 Å². The number of H-pyrrole nitrogens is 1. The molecule has 6 nitrogen and oxygen atoms in total. The Morgan fingerprint density at radius 2 is 1.69 bits per heavy atom. The standard InChI is InChI=1S/C25H30ClN3O3/c1-24(2,3)15-32-18-10-8-17(9-11-18)21-27-22(29-23(30)28-21)19-13-16(7-12-20(19)26)14-25(4,5)31-6/h7-13H,14-15H2,1-6H3,(H,27,28,29,30). The van der Waals surface area contributed by atoms with Crippen molar-refractivity contribution in [1.82, 2.24) is 15.0 Å². The summed E-state index contributed by atoms with van der Waals surface area (Å²) in [6.07, 6.45) is 0.686. The number of hydrogen-bond acceptors (Lipinski definition) is 5. The molecule has 0 spiro atoms. The quantitative estimate of drug-likeness (QED) is 0.505. The van der Waals surface area contributed by atoms with Gasteiger partial charge in [0.25, 0.3) is 0 Å². The molecule has 2 aromatic carbocycles. The molecule has 0 unspecified atom stereocenters. The highest BCUT2D eigenvalue weighted by Crippen LogP contribution is 2.29. The first-order valence-electron chi connectivity index (χ1n) is 10.5. The van der Waals surface area contributed by atoms with Crippen LogP contribution in [0.25, 0.3) is 22.8 Å². The number of halogens is 1. The highest BCUT2D eigenvalue weighted by atomic mass is 35.5. The number of nitrogens with one attached hydrogen (secondary N) is 1. The van der Waals surface area contributed by atoms with Crippen LogP contribution >= 0.6 is 11.6 Å². The molecule has 0 aliphatic heterocycles. The summed E-state index contributed by atoms with van der Waals surface area (Å²) in [5.74, 6) is 1.45. The van der Waals surface area contributed by atoms with E-state index in [-0.39, 0.29) is 11.0 Å². The van der Waals surface area contributed by atoms with Crippen molar-refractivity contribution in [2.24, 2.45) is 5.41 Å². The zero-order valence-corrected chi connectivity index (χ0v) is 20.2. The Bertz CT molecular complexity index is 1130. The first-order chi connectivity index (χ1) is 15.0. The van der Waals surface area contributed by atoms with Gasteiger partial charge >= 0.3 is 5.69 Å². The van der Waals surface area contributed by atoms with Crippen molar-refractivity contribution >= 4 is 11.6 Å². The molecule has 7 heteroatoms. The van der Waals surface area contributed by atoms with E-state index in [1.807, 2.05) is 50.2 Å². The van der Waals surface area contributed by atoms with Gasteiger partial charge in [0.15, 0.2) is 5.82 Å². The monoisotopic (exact) mass is 455 g/mol. The van der Waals surface area contributed by atoms with Crippen molar-refractivity contribution in [1.29, 1.82) is 0 Å². The number of benzene rings is 2. The molecule has 1 aromatic heterocycles. The van der Waals surface area contributed by atoms with Crippen molar-refractivity contribution in [2.45, 2.75) is 46.6 Å². The SMILES string of the molecule is COC(C)(C)Cc1ccc(Cl)c(-c2nc(-c3ccc(OCC(C)(C)C)cc3)nc(=O)[nH]2)c1. The van der Waals surface area contributed by atoms with E-state index in [4.69, 9.17) is 21.1 Å². The van der Waals surface area contributed by atoms with Gasteiger partial charge in [-0.1, -0.05) is 38.4 Å². The smallest absolute Gasteiger partial charge is 0.348 e. The molecule has 1 heterocycles. The van der Waals surface area contributed by atoms with Gasteiger partial charge < -0.3 is 9.47 Å². The minimum atomic E-state index is -0.489. The molecule has 0 atom stereocenters. The molecule has 0 bridgehead atoms. The number of ether oxygens (including phenoxy) is 2. The van der Waals surface area contributed by atoms with Gasteiger partial charge in [0.1, 0.15) is 11.6 Å². The largest absolute Gasteiger partial charge is 0.493 e. The molecule has 0 amide bonds. The average molecular weight is 456 g/mol. The summed E-state index contributed by atoms with van der Waals surface area (Å²) in [6, 6.07) is 13.1. The van der Waals surface area contributed by atoms with Gasteiger partial charge in [-0.25, -0.2) is 9.78 Å². The predicted molar refractivity (Wildman–Crippen MR) is 128 cm³/mol. The molecular weight excluding hydrogens is 426 g/mol. The summed E-state index contributed by atoms with van der Waals surface area (Å²) in [6.45, 7) is 11.0. The summed E-state index contributed by atoms with van der Waals surface area (Å²) in [5, 5.41) is 0.496. The van der Waals surface area contributed by atoms with Gasteiger partial charge in [0.2, 0.25) is 0 Å². The van der Waals surface area contributed by atoms with Crippen LogP contribution in [0.3, 0.4) is 0 Å². The fraction of sp³-hybridized carbons (Fsp3) is 0.400. The molecule has 0 fully saturated rings. The number of aromatic nitrogens is 3. The summed E-state index contributed by atoms with van der Waals surface area (Å²) in [5.41, 5.74) is 1.63. The number of nitrogens with zero attached hydrogens (tertiary/aromatic N) is 2. The van der Waals surface area contributed by atoms with Crippen LogP contribution in [0.1, 0.15) is 40.2 Å². The summed E-state index contributed by atoms with van der Waals surface area (Å²) < 4.78 is 11.4. The second-order valence-corrected chi connectivity index (χ2v) is 10.1. The van der Waals surface area contributed by atoms with E-state index in [2.05, 4.69) is 35.7 Å². The maximum atomic E-state index is 12.3. The van der Waals surface area contributed by atoms with Crippen LogP contribution in [0, 0.1) is 5.41 Å². The molecule has 0 saturated carbocycles. The maximum Gasteiger partial charge on any atom is 0.348 e. The minimum absolute atomic E-state index is 0.0652. The summed E-state index contributed by atoms with van der Waals surface area (Å²) >= 11 is 6.45. The van der Waals surface area contributed by atoms with Gasteiger partial charge in [0, 0.05) is 24.7 Å². The average Bonchev–Trinajstić information content (AvgIpc) is 2.73. The van der Waals surface area contributed by atoms with Crippen molar-refractivity contribution < 1.29 is 9.47 Å². The normalized spacial score (nSPS) is 12.1. The number of methoxy groups -OCH3 is 1. The second-order valence-electron chi connectivity index (χ2n) is 9.65. The zero-order valence-electron chi connectivity index (χ0n) is 19.5. The number of aromatic amines is 1. The Morgan fingerprint density at radius 1 is 1.00 bits per heavy atom. The van der Waals surface area contributed by atoms with Crippen molar-refractivity contribution in [2.75, 3.05) is 13.7 Å². The molecule has 3 rings (SSSR count). The van der Waals surface area contributed by atoms with Gasteiger partial charge in [-0.3, -0.25) is 4.98 Å². The lowest BCUT2D eigenvalue weighted by Gasteiger charge is -2.23. The third-order valence-corrected chi connectivity index (χ3v) is 5.23. The Labute approximate surface area is 194 Å². The maximum absolute atomic E-state index is 12.3. The van der Waals surface area contributed by atoms with Crippen LogP contribution < -0.4 is 10.4 Å². The molecular formula is C25H30ClN3O3. The van der Waals surface area contributed by atoms with E-state index >= 15 is 0 Å². The predicted octanol–water partition coefficient (Wildman–Crippen LogP) is 5.54. The van der Waals surface area contributed by atoms with E-state index in [1.165, 1.54) is 0 Å². The van der Waals surface area contributed by atoms with Gasteiger partial charge in [-0.15, -0.1) is 0 Å². The topological polar surface area (TPSA) is 77.1 Å². The van der Waals surface area contributed by atoms with E-state index < -0.39 is 5.69 Å². The minimum Gasteiger partial charge on any atom is -0.493 e. The zero-order chi connectivity index (χ0) is 23.5. The first-order valence-corrected chi connectivity index (χ1v) is 10.9. The van der Waals surface area contributed by atoms with Crippen LogP contribution in [0.5, 0.6) is 5.75 Å². The lowest BCUT2D eigenvalue weighted by Crippen LogP contribution is -2.25. The lowest BCUT2D eigenvalue weighted by atomic mass is 9.97. The van der Waals surface area contributed by atoms with Crippen molar-refractivity contribution in [3.05, 3.63) is 63.5 Å². The van der Waals surface area contributed by atoms with E-state index in [0.717, 1.165) is 11.3 Å². The third-order valence-electron chi connectivity index (χ3n) is 4.90. The van der Waals surface area contributed by atoms with Crippen LogP contribution in [-0.4, -0.2) is 34.3 Å². The molecule has 0 aliphatic carbocycles. The first kappa shape index (κ1) is 24.0. The Balaban J connectivity index is 1.92. The van der Waals surface area contributed by atoms with Crippen molar-refractivity contribution in [3.8, 4) is 28.5 Å². The molecule has 3 aromatic rings. The van der Waals surface area contributed by atoms with Crippen LogP contribution in [0.4, 0.5) is 0 Å². The van der Waals surface area contributed by atoms with Gasteiger partial charge in [-0.2, -0.15) is 4.98 Å². The Kier molecular flexibility index (Phi) is 7.06. The van der Waals surface area contributed by atoms with Crippen LogP contribution in [0.2, 0.25) is 5.02 Å². The molecule has 170 valence electrons. The molecule has 32 heavy (non-hydrogen) atoms. The van der Waals surface area contributed by atoms with Crippen LogP contribution in [-0.2, 0) is 11.2 Å².